The standard InChI is InChI=1S/C16H16FNO3/c1-11(19)20-10-12-4-2-7-16(21-12)18-9-8-13-14(17)5-3-6-15(13)18/h2-6,8-9,12,16H,7,10H2,1H3/t12-,16-/m1/s1. The van der Waals surface area contributed by atoms with E-state index in [1.807, 2.05) is 29.0 Å². The molecule has 2 atom stereocenters. The Hall–Kier alpha value is -2.14. The Morgan fingerprint density at radius 1 is 1.48 bits per heavy atom. The van der Waals surface area contributed by atoms with Crippen LogP contribution in [0.2, 0.25) is 0 Å². The maximum absolute atomic E-state index is 13.7. The molecule has 0 unspecified atom stereocenters. The van der Waals surface area contributed by atoms with E-state index in [1.54, 1.807) is 12.1 Å². The Morgan fingerprint density at radius 3 is 3.14 bits per heavy atom. The number of carbonyl (C=O) groups is 1. The lowest BCUT2D eigenvalue weighted by Gasteiger charge is -2.27. The Morgan fingerprint density at radius 2 is 2.33 bits per heavy atom. The van der Waals surface area contributed by atoms with Gasteiger partial charge in [0, 0.05) is 24.9 Å². The summed E-state index contributed by atoms with van der Waals surface area (Å²) in [5.41, 5.74) is 0.793. The van der Waals surface area contributed by atoms with Crippen LogP contribution in [0.3, 0.4) is 0 Å². The lowest BCUT2D eigenvalue weighted by molar-refractivity contribution is -0.147. The Labute approximate surface area is 121 Å². The first-order chi connectivity index (χ1) is 10.1. The van der Waals surface area contributed by atoms with Gasteiger partial charge in [-0.15, -0.1) is 0 Å². The monoisotopic (exact) mass is 289 g/mol. The molecule has 1 aliphatic rings. The van der Waals surface area contributed by atoms with Gasteiger partial charge in [-0.1, -0.05) is 18.2 Å². The predicted octanol–water partition coefficient (Wildman–Crippen LogP) is 3.19. The second-order valence-corrected chi connectivity index (χ2v) is 4.99. The van der Waals surface area contributed by atoms with E-state index in [2.05, 4.69) is 0 Å². The summed E-state index contributed by atoms with van der Waals surface area (Å²) in [5.74, 6) is -0.573. The fraction of sp³-hybridized carbons (Fsp3) is 0.312. The van der Waals surface area contributed by atoms with E-state index in [0.717, 1.165) is 5.52 Å². The van der Waals surface area contributed by atoms with Crippen LogP contribution in [0.25, 0.3) is 10.9 Å². The first-order valence-corrected chi connectivity index (χ1v) is 6.85. The summed E-state index contributed by atoms with van der Waals surface area (Å²) in [6, 6.07) is 6.73. The number of carbonyl (C=O) groups excluding carboxylic acids is 1. The van der Waals surface area contributed by atoms with Gasteiger partial charge in [-0.2, -0.15) is 0 Å². The van der Waals surface area contributed by atoms with Crippen molar-refractivity contribution in [3.8, 4) is 0 Å². The maximum atomic E-state index is 13.7. The highest BCUT2D eigenvalue weighted by molar-refractivity contribution is 5.80. The molecule has 4 nitrogen and oxygen atoms in total. The van der Waals surface area contributed by atoms with Gasteiger partial charge >= 0.3 is 5.97 Å². The van der Waals surface area contributed by atoms with Gasteiger partial charge in [0.05, 0.1) is 5.52 Å². The third kappa shape index (κ3) is 2.83. The molecule has 0 N–H and O–H groups in total. The fourth-order valence-corrected chi connectivity index (χ4v) is 2.52. The molecular weight excluding hydrogens is 273 g/mol. The quantitative estimate of drug-likeness (QED) is 0.643. The first-order valence-electron chi connectivity index (χ1n) is 6.85. The van der Waals surface area contributed by atoms with Crippen molar-refractivity contribution in [3.63, 3.8) is 0 Å². The maximum Gasteiger partial charge on any atom is 0.302 e. The molecular formula is C16H16FNO3. The van der Waals surface area contributed by atoms with Crippen LogP contribution >= 0.6 is 0 Å². The number of fused-ring (bicyclic) bond motifs is 1. The van der Waals surface area contributed by atoms with Gasteiger partial charge in [0.1, 0.15) is 24.8 Å². The molecule has 0 aliphatic carbocycles. The number of rotatable bonds is 3. The summed E-state index contributed by atoms with van der Waals surface area (Å²) in [7, 11) is 0. The Balaban J connectivity index is 1.81. The molecule has 2 heterocycles. The van der Waals surface area contributed by atoms with Crippen LogP contribution in [0.5, 0.6) is 0 Å². The van der Waals surface area contributed by atoms with Crippen molar-refractivity contribution in [2.24, 2.45) is 0 Å². The van der Waals surface area contributed by atoms with Gasteiger partial charge in [0.2, 0.25) is 0 Å². The molecule has 0 saturated heterocycles. The van der Waals surface area contributed by atoms with Crippen LogP contribution in [0.1, 0.15) is 19.6 Å². The molecule has 0 radical (unpaired) electrons. The second-order valence-electron chi connectivity index (χ2n) is 4.99. The van der Waals surface area contributed by atoms with E-state index < -0.39 is 0 Å². The zero-order valence-corrected chi connectivity index (χ0v) is 11.7. The number of ether oxygens (including phenoxy) is 2. The van der Waals surface area contributed by atoms with Crippen LogP contribution in [0.15, 0.2) is 42.6 Å². The van der Waals surface area contributed by atoms with E-state index in [4.69, 9.17) is 9.47 Å². The van der Waals surface area contributed by atoms with Gasteiger partial charge in [0.25, 0.3) is 0 Å². The van der Waals surface area contributed by atoms with Crippen molar-refractivity contribution in [1.29, 1.82) is 0 Å². The molecule has 1 aromatic heterocycles. The van der Waals surface area contributed by atoms with Crippen molar-refractivity contribution in [3.05, 3.63) is 48.4 Å². The van der Waals surface area contributed by atoms with E-state index in [0.29, 0.717) is 11.8 Å². The van der Waals surface area contributed by atoms with E-state index in [1.165, 1.54) is 13.0 Å². The second kappa shape index (κ2) is 5.69. The molecule has 110 valence electrons. The first kappa shape index (κ1) is 13.8. The molecule has 0 spiro atoms. The number of nitrogens with zero attached hydrogens (tertiary/aromatic N) is 1. The number of esters is 1. The largest absolute Gasteiger partial charge is 0.463 e. The smallest absolute Gasteiger partial charge is 0.302 e. The highest BCUT2D eigenvalue weighted by atomic mass is 19.1. The summed E-state index contributed by atoms with van der Waals surface area (Å²) in [5, 5.41) is 0.576. The average molecular weight is 289 g/mol. The predicted molar refractivity (Wildman–Crippen MR) is 76.2 cm³/mol. The topological polar surface area (TPSA) is 40.5 Å². The van der Waals surface area contributed by atoms with Crippen LogP contribution in [-0.4, -0.2) is 23.2 Å². The zero-order valence-electron chi connectivity index (χ0n) is 11.7. The molecule has 3 rings (SSSR count). The van der Waals surface area contributed by atoms with E-state index in [-0.39, 0.29) is 30.7 Å². The minimum absolute atomic E-state index is 0.190. The molecule has 5 heteroatoms. The van der Waals surface area contributed by atoms with E-state index >= 15 is 0 Å². The molecule has 0 saturated carbocycles. The fourth-order valence-electron chi connectivity index (χ4n) is 2.52. The normalized spacial score (nSPS) is 21.6. The van der Waals surface area contributed by atoms with Crippen molar-refractivity contribution in [1.82, 2.24) is 4.57 Å². The van der Waals surface area contributed by atoms with Crippen LogP contribution in [0, 0.1) is 5.82 Å². The van der Waals surface area contributed by atoms with E-state index in [9.17, 15) is 9.18 Å². The van der Waals surface area contributed by atoms with Crippen LogP contribution < -0.4 is 0 Å². The number of aromatic nitrogens is 1. The van der Waals surface area contributed by atoms with Gasteiger partial charge in [-0.25, -0.2) is 4.39 Å². The summed E-state index contributed by atoms with van der Waals surface area (Å²) in [4.78, 5) is 10.9. The van der Waals surface area contributed by atoms with Gasteiger partial charge in [-0.05, 0) is 18.2 Å². The lowest BCUT2D eigenvalue weighted by Crippen LogP contribution is -2.26. The van der Waals surface area contributed by atoms with Crippen LogP contribution in [-0.2, 0) is 14.3 Å². The average Bonchev–Trinajstić information content (AvgIpc) is 2.91. The third-order valence-electron chi connectivity index (χ3n) is 3.49. The van der Waals surface area contributed by atoms with Gasteiger partial charge in [0.15, 0.2) is 0 Å². The number of hydrogen-bond acceptors (Lipinski definition) is 3. The summed E-state index contributed by atoms with van der Waals surface area (Å²) in [6.07, 6.45) is 5.88. The third-order valence-corrected chi connectivity index (χ3v) is 3.49. The zero-order chi connectivity index (χ0) is 14.8. The lowest BCUT2D eigenvalue weighted by atomic mass is 10.2. The van der Waals surface area contributed by atoms with Gasteiger partial charge in [-0.3, -0.25) is 4.79 Å². The number of benzene rings is 1. The summed E-state index contributed by atoms with van der Waals surface area (Å²) < 4.78 is 26.5. The number of halogens is 1. The molecule has 0 fully saturated rings. The molecule has 0 amide bonds. The summed E-state index contributed by atoms with van der Waals surface area (Å²) in [6.45, 7) is 1.56. The SMILES string of the molecule is CC(=O)OC[C@H]1C=CC[C@H](n2ccc3c(F)cccc32)O1. The van der Waals surface area contributed by atoms with Crippen molar-refractivity contribution in [2.45, 2.75) is 25.7 Å². The minimum atomic E-state index is -0.331. The highest BCUT2D eigenvalue weighted by Crippen LogP contribution is 2.28. The molecule has 21 heavy (non-hydrogen) atoms. The van der Waals surface area contributed by atoms with Gasteiger partial charge < -0.3 is 14.0 Å². The minimum Gasteiger partial charge on any atom is -0.463 e. The molecule has 1 aromatic carbocycles. The molecule has 2 aromatic rings. The van der Waals surface area contributed by atoms with Crippen molar-refractivity contribution >= 4 is 16.9 Å². The van der Waals surface area contributed by atoms with Crippen molar-refractivity contribution < 1.29 is 18.7 Å². The molecule has 0 bridgehead atoms. The molecule has 1 aliphatic heterocycles. The van der Waals surface area contributed by atoms with Crippen molar-refractivity contribution in [2.75, 3.05) is 6.61 Å². The van der Waals surface area contributed by atoms with Crippen LogP contribution in [0.4, 0.5) is 4.39 Å². The Kier molecular flexibility index (Phi) is 3.75. The Bertz CT molecular complexity index is 692. The summed E-state index contributed by atoms with van der Waals surface area (Å²) >= 11 is 0. The number of hydrogen-bond donors (Lipinski definition) is 0. The highest BCUT2D eigenvalue weighted by Gasteiger charge is 2.21.